The van der Waals surface area contributed by atoms with Crippen LogP contribution in [0.4, 0.5) is 5.00 Å². The van der Waals surface area contributed by atoms with E-state index in [-0.39, 0.29) is 18.5 Å². The molecule has 0 aliphatic carbocycles. The summed E-state index contributed by atoms with van der Waals surface area (Å²) < 4.78 is 0. The standard InChI is InChI=1S/C10H15N3O2S/c1-6(2)12-5-8(14)13-10-7(9(11)15)3-4-16-10/h3-4,6,12H,5H2,1-2H3,(H2,11,15)(H,13,14). The molecular weight excluding hydrogens is 226 g/mol. The van der Waals surface area contributed by atoms with Crippen molar-refractivity contribution in [2.75, 3.05) is 11.9 Å². The van der Waals surface area contributed by atoms with Crippen LogP contribution in [-0.2, 0) is 4.79 Å². The van der Waals surface area contributed by atoms with Gasteiger partial charge in [0.25, 0.3) is 5.91 Å². The molecule has 0 atom stereocenters. The van der Waals surface area contributed by atoms with Gasteiger partial charge in [0, 0.05) is 6.04 Å². The third-order valence-corrected chi connectivity index (χ3v) is 2.68. The molecule has 0 saturated carbocycles. The van der Waals surface area contributed by atoms with Gasteiger partial charge in [0.15, 0.2) is 0 Å². The number of amides is 2. The lowest BCUT2D eigenvalue weighted by atomic mass is 10.3. The number of hydrogen-bond acceptors (Lipinski definition) is 4. The summed E-state index contributed by atoms with van der Waals surface area (Å²) in [5, 5.41) is 7.84. The first-order valence-electron chi connectivity index (χ1n) is 4.91. The normalized spacial score (nSPS) is 10.4. The van der Waals surface area contributed by atoms with Crippen molar-refractivity contribution in [2.24, 2.45) is 5.73 Å². The number of primary amides is 1. The van der Waals surface area contributed by atoms with Crippen LogP contribution in [0.5, 0.6) is 0 Å². The summed E-state index contributed by atoms with van der Waals surface area (Å²) >= 11 is 1.28. The van der Waals surface area contributed by atoms with Gasteiger partial charge in [-0.2, -0.15) is 0 Å². The molecule has 1 aromatic rings. The van der Waals surface area contributed by atoms with E-state index in [4.69, 9.17) is 5.73 Å². The van der Waals surface area contributed by atoms with Gasteiger partial charge in [-0.25, -0.2) is 0 Å². The molecule has 0 fully saturated rings. The predicted molar refractivity (Wildman–Crippen MR) is 64.6 cm³/mol. The van der Waals surface area contributed by atoms with Crippen LogP contribution in [0.3, 0.4) is 0 Å². The minimum Gasteiger partial charge on any atom is -0.366 e. The number of rotatable bonds is 5. The molecule has 1 heterocycles. The molecule has 0 aliphatic heterocycles. The van der Waals surface area contributed by atoms with E-state index >= 15 is 0 Å². The SMILES string of the molecule is CC(C)NCC(=O)Nc1sccc1C(N)=O. The summed E-state index contributed by atoms with van der Waals surface area (Å²) in [4.78, 5) is 22.5. The summed E-state index contributed by atoms with van der Waals surface area (Å²) in [5.74, 6) is -0.716. The maximum Gasteiger partial charge on any atom is 0.251 e. The van der Waals surface area contributed by atoms with Crippen LogP contribution >= 0.6 is 11.3 Å². The van der Waals surface area contributed by atoms with Crippen molar-refractivity contribution in [1.82, 2.24) is 5.32 Å². The van der Waals surface area contributed by atoms with Crippen molar-refractivity contribution >= 4 is 28.2 Å². The van der Waals surface area contributed by atoms with Crippen LogP contribution in [0.15, 0.2) is 11.4 Å². The molecule has 16 heavy (non-hydrogen) atoms. The topological polar surface area (TPSA) is 84.2 Å². The Balaban J connectivity index is 2.56. The minimum absolute atomic E-state index is 0.182. The van der Waals surface area contributed by atoms with Crippen LogP contribution in [0.25, 0.3) is 0 Å². The summed E-state index contributed by atoms with van der Waals surface area (Å²) in [6, 6.07) is 1.84. The highest BCUT2D eigenvalue weighted by molar-refractivity contribution is 7.14. The van der Waals surface area contributed by atoms with Crippen molar-refractivity contribution in [3.05, 3.63) is 17.0 Å². The second-order valence-corrected chi connectivity index (χ2v) is 4.53. The molecule has 6 heteroatoms. The number of carbonyl (C=O) groups excluding carboxylic acids is 2. The van der Waals surface area contributed by atoms with E-state index in [1.165, 1.54) is 11.3 Å². The first kappa shape index (κ1) is 12.7. The van der Waals surface area contributed by atoms with Gasteiger partial charge in [0.1, 0.15) is 5.00 Å². The lowest BCUT2D eigenvalue weighted by Crippen LogP contribution is -2.32. The first-order valence-corrected chi connectivity index (χ1v) is 5.79. The van der Waals surface area contributed by atoms with Gasteiger partial charge in [-0.1, -0.05) is 13.8 Å². The van der Waals surface area contributed by atoms with E-state index in [2.05, 4.69) is 10.6 Å². The zero-order valence-corrected chi connectivity index (χ0v) is 10.1. The van der Waals surface area contributed by atoms with Crippen LogP contribution in [0.1, 0.15) is 24.2 Å². The third-order valence-electron chi connectivity index (χ3n) is 1.85. The van der Waals surface area contributed by atoms with Gasteiger partial charge in [0.2, 0.25) is 5.91 Å². The number of hydrogen-bond donors (Lipinski definition) is 3. The van der Waals surface area contributed by atoms with Gasteiger partial charge < -0.3 is 16.4 Å². The molecule has 4 N–H and O–H groups in total. The lowest BCUT2D eigenvalue weighted by molar-refractivity contribution is -0.115. The zero-order valence-electron chi connectivity index (χ0n) is 9.24. The van der Waals surface area contributed by atoms with Crippen LogP contribution in [0.2, 0.25) is 0 Å². The first-order chi connectivity index (χ1) is 7.50. The largest absolute Gasteiger partial charge is 0.366 e. The summed E-state index contributed by atoms with van der Waals surface area (Å²) in [5.41, 5.74) is 5.51. The Labute approximate surface area is 98.0 Å². The van der Waals surface area contributed by atoms with Crippen LogP contribution < -0.4 is 16.4 Å². The van der Waals surface area contributed by atoms with Crippen molar-refractivity contribution in [2.45, 2.75) is 19.9 Å². The van der Waals surface area contributed by atoms with E-state index in [0.29, 0.717) is 10.6 Å². The van der Waals surface area contributed by atoms with E-state index < -0.39 is 5.91 Å². The predicted octanol–water partition coefficient (Wildman–Crippen LogP) is 0.784. The molecule has 1 rings (SSSR count). The monoisotopic (exact) mass is 241 g/mol. The Morgan fingerprint density at radius 2 is 2.19 bits per heavy atom. The van der Waals surface area contributed by atoms with Crippen LogP contribution in [0, 0.1) is 0 Å². The quantitative estimate of drug-likeness (QED) is 0.712. The molecule has 0 radical (unpaired) electrons. The average molecular weight is 241 g/mol. The third kappa shape index (κ3) is 3.63. The van der Waals surface area contributed by atoms with Crippen molar-refractivity contribution < 1.29 is 9.59 Å². The number of carbonyl (C=O) groups is 2. The van der Waals surface area contributed by atoms with E-state index in [1.54, 1.807) is 11.4 Å². The van der Waals surface area contributed by atoms with Gasteiger partial charge in [-0.05, 0) is 11.4 Å². The maximum atomic E-state index is 11.5. The Bertz CT molecular complexity index is 387. The minimum atomic E-state index is -0.534. The highest BCUT2D eigenvalue weighted by Crippen LogP contribution is 2.22. The average Bonchev–Trinajstić information content (AvgIpc) is 2.62. The Hall–Kier alpha value is -1.40. The molecule has 0 bridgehead atoms. The molecule has 0 saturated heterocycles. The Morgan fingerprint density at radius 3 is 2.75 bits per heavy atom. The number of thiophene rings is 1. The molecule has 2 amide bonds. The molecule has 1 aromatic heterocycles. The zero-order chi connectivity index (χ0) is 12.1. The number of nitrogens with two attached hydrogens (primary N) is 1. The highest BCUT2D eigenvalue weighted by atomic mass is 32.1. The second-order valence-electron chi connectivity index (χ2n) is 3.61. The van der Waals surface area contributed by atoms with Gasteiger partial charge in [-0.3, -0.25) is 9.59 Å². The van der Waals surface area contributed by atoms with E-state index in [0.717, 1.165) is 0 Å². The maximum absolute atomic E-state index is 11.5. The second kappa shape index (κ2) is 5.62. The molecule has 0 unspecified atom stereocenters. The molecule has 5 nitrogen and oxygen atoms in total. The summed E-state index contributed by atoms with van der Waals surface area (Å²) in [7, 11) is 0. The fraction of sp³-hybridized carbons (Fsp3) is 0.400. The van der Waals surface area contributed by atoms with Crippen molar-refractivity contribution in [1.29, 1.82) is 0 Å². The molecular formula is C10H15N3O2S. The Morgan fingerprint density at radius 1 is 1.50 bits per heavy atom. The highest BCUT2D eigenvalue weighted by Gasteiger charge is 2.12. The van der Waals surface area contributed by atoms with Gasteiger partial charge in [0.05, 0.1) is 12.1 Å². The van der Waals surface area contributed by atoms with E-state index in [9.17, 15) is 9.59 Å². The fourth-order valence-electron chi connectivity index (χ4n) is 1.07. The summed E-state index contributed by atoms with van der Waals surface area (Å²) in [6.07, 6.45) is 0. The summed E-state index contributed by atoms with van der Waals surface area (Å²) in [6.45, 7) is 4.12. The molecule has 0 aliphatic rings. The molecule has 88 valence electrons. The molecule has 0 aromatic carbocycles. The Kier molecular flexibility index (Phi) is 4.45. The smallest absolute Gasteiger partial charge is 0.251 e. The molecule has 0 spiro atoms. The van der Waals surface area contributed by atoms with Crippen LogP contribution in [-0.4, -0.2) is 24.4 Å². The fourth-order valence-corrected chi connectivity index (χ4v) is 1.88. The number of anilines is 1. The lowest BCUT2D eigenvalue weighted by Gasteiger charge is -2.08. The van der Waals surface area contributed by atoms with Crippen molar-refractivity contribution in [3.8, 4) is 0 Å². The van der Waals surface area contributed by atoms with E-state index in [1.807, 2.05) is 13.8 Å². The van der Waals surface area contributed by atoms with Crippen molar-refractivity contribution in [3.63, 3.8) is 0 Å². The van der Waals surface area contributed by atoms with Gasteiger partial charge >= 0.3 is 0 Å². The number of nitrogens with one attached hydrogen (secondary N) is 2. The van der Waals surface area contributed by atoms with Gasteiger partial charge in [-0.15, -0.1) is 11.3 Å².